The van der Waals surface area contributed by atoms with Crippen LogP contribution in [0, 0.1) is 10.8 Å². The summed E-state index contributed by atoms with van der Waals surface area (Å²) in [4.78, 5) is 47.2. The van der Waals surface area contributed by atoms with E-state index in [1.54, 1.807) is 0 Å². The molecule has 0 spiro atoms. The molecule has 7 heteroatoms. The molecule has 0 radical (unpaired) electrons. The summed E-state index contributed by atoms with van der Waals surface area (Å²) in [6, 6.07) is -1.85. The van der Waals surface area contributed by atoms with E-state index in [9.17, 15) is 19.2 Å². The summed E-state index contributed by atoms with van der Waals surface area (Å²) < 4.78 is 0. The van der Waals surface area contributed by atoms with E-state index in [-0.39, 0.29) is 24.5 Å². The van der Waals surface area contributed by atoms with E-state index in [0.717, 1.165) is 0 Å². The second kappa shape index (κ2) is 6.68. The Kier molecular flexibility index (Phi) is 5.56. The normalized spacial score (nSPS) is 19.8. The minimum absolute atomic E-state index is 0.0368. The van der Waals surface area contributed by atoms with Gasteiger partial charge in [0.25, 0.3) is 5.91 Å². The van der Waals surface area contributed by atoms with Gasteiger partial charge in [0.1, 0.15) is 6.04 Å². The van der Waals surface area contributed by atoms with Crippen molar-refractivity contribution in [3.63, 3.8) is 0 Å². The Morgan fingerprint density at radius 2 is 1.70 bits per heavy atom. The van der Waals surface area contributed by atoms with Crippen molar-refractivity contribution < 1.29 is 19.2 Å². The van der Waals surface area contributed by atoms with E-state index in [0.29, 0.717) is 0 Å². The van der Waals surface area contributed by atoms with Crippen molar-refractivity contribution in [2.75, 3.05) is 0 Å². The van der Waals surface area contributed by atoms with Gasteiger partial charge in [-0.1, -0.05) is 41.5 Å². The average Bonchev–Trinajstić information content (AvgIpc) is 2.68. The van der Waals surface area contributed by atoms with E-state index < -0.39 is 34.9 Å². The van der Waals surface area contributed by atoms with Gasteiger partial charge in [0.05, 0.1) is 6.04 Å². The standard InChI is InChI=1S/C16H27N3O4/c1-15(2,3)11(12(21)16(4,5)6)18-10(20)8-7-9-13(22)19-14(23)17-9/h9,11H,7-8H2,1-6H3,(H,18,20)(H2,17,19,22,23). The van der Waals surface area contributed by atoms with Gasteiger partial charge in [-0.3, -0.25) is 19.7 Å². The highest BCUT2D eigenvalue weighted by Gasteiger charge is 2.38. The molecule has 0 aliphatic carbocycles. The molecule has 0 bridgehead atoms. The zero-order valence-corrected chi connectivity index (χ0v) is 14.7. The van der Waals surface area contributed by atoms with Crippen LogP contribution in [0.15, 0.2) is 0 Å². The van der Waals surface area contributed by atoms with Gasteiger partial charge < -0.3 is 10.6 Å². The van der Waals surface area contributed by atoms with Gasteiger partial charge in [0.2, 0.25) is 5.91 Å². The number of imide groups is 1. The predicted octanol–water partition coefficient (Wildman–Crippen LogP) is 1.12. The SMILES string of the molecule is CC(C)(C)C(=O)C(NC(=O)CCC1NC(=O)NC1=O)C(C)(C)C. The molecule has 1 aliphatic rings. The number of carbonyl (C=O) groups is 4. The van der Waals surface area contributed by atoms with Gasteiger partial charge in [-0.25, -0.2) is 4.79 Å². The van der Waals surface area contributed by atoms with Crippen LogP contribution in [0.2, 0.25) is 0 Å². The lowest BCUT2D eigenvalue weighted by Gasteiger charge is -2.34. The predicted molar refractivity (Wildman–Crippen MR) is 85.5 cm³/mol. The second-order valence-electron chi connectivity index (χ2n) is 8.03. The number of urea groups is 1. The molecule has 1 saturated heterocycles. The van der Waals surface area contributed by atoms with Crippen molar-refractivity contribution in [1.29, 1.82) is 0 Å². The van der Waals surface area contributed by atoms with E-state index in [2.05, 4.69) is 16.0 Å². The molecule has 4 amide bonds. The summed E-state index contributed by atoms with van der Waals surface area (Å²) in [5, 5.41) is 7.34. The van der Waals surface area contributed by atoms with E-state index in [1.807, 2.05) is 41.5 Å². The number of amides is 4. The molecule has 130 valence electrons. The molecule has 7 nitrogen and oxygen atoms in total. The van der Waals surface area contributed by atoms with Crippen molar-refractivity contribution in [3.8, 4) is 0 Å². The van der Waals surface area contributed by atoms with Crippen LogP contribution in [0.1, 0.15) is 54.4 Å². The zero-order valence-electron chi connectivity index (χ0n) is 14.7. The molecular weight excluding hydrogens is 298 g/mol. The zero-order chi connectivity index (χ0) is 18.0. The van der Waals surface area contributed by atoms with E-state index in [4.69, 9.17) is 0 Å². The highest BCUT2D eigenvalue weighted by molar-refractivity contribution is 6.04. The Morgan fingerprint density at radius 1 is 1.13 bits per heavy atom. The number of Topliss-reactive ketones (excluding diaryl/α,β-unsaturated/α-hetero) is 1. The van der Waals surface area contributed by atoms with Crippen molar-refractivity contribution >= 4 is 23.6 Å². The Labute approximate surface area is 137 Å². The average molecular weight is 325 g/mol. The van der Waals surface area contributed by atoms with Crippen LogP contribution < -0.4 is 16.0 Å². The van der Waals surface area contributed by atoms with Gasteiger partial charge in [-0.2, -0.15) is 0 Å². The lowest BCUT2D eigenvalue weighted by molar-refractivity contribution is -0.135. The van der Waals surface area contributed by atoms with Crippen molar-refractivity contribution in [3.05, 3.63) is 0 Å². The number of rotatable bonds is 5. The third kappa shape index (κ3) is 5.33. The Morgan fingerprint density at radius 3 is 2.09 bits per heavy atom. The fourth-order valence-corrected chi connectivity index (χ4v) is 2.28. The minimum Gasteiger partial charge on any atom is -0.346 e. The maximum absolute atomic E-state index is 12.6. The monoisotopic (exact) mass is 325 g/mol. The molecule has 1 aliphatic heterocycles. The summed E-state index contributed by atoms with van der Waals surface area (Å²) in [7, 11) is 0. The van der Waals surface area contributed by atoms with E-state index >= 15 is 0 Å². The maximum atomic E-state index is 12.6. The first kappa shape index (κ1) is 19.1. The molecule has 0 aromatic heterocycles. The van der Waals surface area contributed by atoms with Crippen LogP contribution in [0.5, 0.6) is 0 Å². The van der Waals surface area contributed by atoms with Crippen LogP contribution in [0.3, 0.4) is 0 Å². The third-order valence-corrected chi connectivity index (χ3v) is 3.69. The quantitative estimate of drug-likeness (QED) is 0.659. The first-order valence-corrected chi connectivity index (χ1v) is 7.77. The van der Waals surface area contributed by atoms with Gasteiger partial charge in [0.15, 0.2) is 5.78 Å². The van der Waals surface area contributed by atoms with Gasteiger partial charge >= 0.3 is 6.03 Å². The largest absolute Gasteiger partial charge is 0.346 e. The van der Waals surface area contributed by atoms with Crippen molar-refractivity contribution in [2.45, 2.75) is 66.5 Å². The number of hydrogen-bond donors (Lipinski definition) is 3. The topological polar surface area (TPSA) is 104 Å². The van der Waals surface area contributed by atoms with Crippen LogP contribution in [0.25, 0.3) is 0 Å². The molecule has 0 aromatic rings. The molecule has 0 saturated carbocycles. The smallest absolute Gasteiger partial charge is 0.322 e. The summed E-state index contributed by atoms with van der Waals surface area (Å²) >= 11 is 0. The molecule has 0 aromatic carbocycles. The van der Waals surface area contributed by atoms with Crippen LogP contribution in [0.4, 0.5) is 4.79 Å². The molecule has 3 N–H and O–H groups in total. The number of hydrogen-bond acceptors (Lipinski definition) is 4. The van der Waals surface area contributed by atoms with Crippen LogP contribution >= 0.6 is 0 Å². The first-order valence-electron chi connectivity index (χ1n) is 7.77. The molecule has 1 rings (SSSR count). The third-order valence-electron chi connectivity index (χ3n) is 3.69. The van der Waals surface area contributed by atoms with Crippen LogP contribution in [-0.4, -0.2) is 35.7 Å². The van der Waals surface area contributed by atoms with Crippen molar-refractivity contribution in [1.82, 2.24) is 16.0 Å². The number of ketones is 1. The van der Waals surface area contributed by atoms with E-state index in [1.165, 1.54) is 0 Å². The summed E-state index contributed by atoms with van der Waals surface area (Å²) in [5.74, 6) is -0.775. The van der Waals surface area contributed by atoms with Gasteiger partial charge in [-0.15, -0.1) is 0 Å². The lowest BCUT2D eigenvalue weighted by atomic mass is 9.75. The molecule has 23 heavy (non-hydrogen) atoms. The number of nitrogens with one attached hydrogen (secondary N) is 3. The van der Waals surface area contributed by atoms with Gasteiger partial charge in [-0.05, 0) is 11.8 Å². The number of carbonyl (C=O) groups excluding carboxylic acids is 4. The Bertz CT molecular complexity index is 514. The van der Waals surface area contributed by atoms with Gasteiger partial charge in [0, 0.05) is 11.8 Å². The first-order chi connectivity index (χ1) is 10.3. The summed E-state index contributed by atoms with van der Waals surface area (Å²) in [5.41, 5.74) is -0.983. The molecule has 2 atom stereocenters. The molecule has 1 fully saturated rings. The van der Waals surface area contributed by atoms with Crippen molar-refractivity contribution in [2.24, 2.45) is 10.8 Å². The minimum atomic E-state index is -0.695. The Hall–Kier alpha value is -1.92. The fraction of sp³-hybridized carbons (Fsp3) is 0.750. The Balaban J connectivity index is 2.66. The van der Waals surface area contributed by atoms with Crippen LogP contribution in [-0.2, 0) is 14.4 Å². The second-order valence-corrected chi connectivity index (χ2v) is 8.03. The summed E-state index contributed by atoms with van der Waals surface area (Å²) in [6.45, 7) is 11.1. The lowest BCUT2D eigenvalue weighted by Crippen LogP contribution is -2.52. The molecule has 2 unspecified atom stereocenters. The summed E-state index contributed by atoms with van der Waals surface area (Å²) in [6.07, 6.45) is 0.256. The molecule has 1 heterocycles. The maximum Gasteiger partial charge on any atom is 0.322 e. The fourth-order valence-electron chi connectivity index (χ4n) is 2.28. The molecular formula is C16H27N3O4. The highest BCUT2D eigenvalue weighted by Crippen LogP contribution is 2.27. The highest BCUT2D eigenvalue weighted by atomic mass is 16.2.